The predicted molar refractivity (Wildman–Crippen MR) is 107 cm³/mol. The van der Waals surface area contributed by atoms with Gasteiger partial charge in [-0.2, -0.15) is 13.2 Å². The minimum atomic E-state index is -4.53. The molecule has 0 aromatic carbocycles. The van der Waals surface area contributed by atoms with E-state index in [1.807, 2.05) is 6.92 Å². The van der Waals surface area contributed by atoms with E-state index in [0.29, 0.717) is 23.7 Å². The third-order valence-corrected chi connectivity index (χ3v) is 10.5. The molecular formula is C24H39F3O2. The summed E-state index contributed by atoms with van der Waals surface area (Å²) in [6.45, 7) is 8.26. The first-order valence-electron chi connectivity index (χ1n) is 11.8. The van der Waals surface area contributed by atoms with E-state index in [2.05, 4.69) is 13.8 Å². The van der Waals surface area contributed by atoms with Crippen LogP contribution in [0.25, 0.3) is 0 Å². The first-order chi connectivity index (χ1) is 13.3. The van der Waals surface area contributed by atoms with Gasteiger partial charge in [-0.1, -0.05) is 20.8 Å². The van der Waals surface area contributed by atoms with Crippen LogP contribution in [0.3, 0.4) is 0 Å². The summed E-state index contributed by atoms with van der Waals surface area (Å²) in [5.74, 6) is 1.49. The van der Waals surface area contributed by atoms with Crippen molar-refractivity contribution in [3.63, 3.8) is 0 Å². The fraction of sp³-hybridized carbons (Fsp3) is 1.00. The highest BCUT2D eigenvalue weighted by molar-refractivity contribution is 5.11. The lowest BCUT2D eigenvalue weighted by Gasteiger charge is -2.62. The zero-order valence-corrected chi connectivity index (χ0v) is 18.4. The Kier molecular flexibility index (Phi) is 5.18. The lowest BCUT2D eigenvalue weighted by molar-refractivity contribution is -0.228. The summed E-state index contributed by atoms with van der Waals surface area (Å²) in [5.41, 5.74) is -0.361. The highest BCUT2D eigenvalue weighted by atomic mass is 19.4. The molecule has 0 amide bonds. The van der Waals surface area contributed by atoms with E-state index < -0.39 is 23.8 Å². The van der Waals surface area contributed by atoms with Gasteiger partial charge in [-0.25, -0.2) is 0 Å². The summed E-state index contributed by atoms with van der Waals surface area (Å²) in [5, 5.41) is 20.6. The zero-order valence-electron chi connectivity index (χ0n) is 18.4. The maximum absolute atomic E-state index is 13.2. The molecule has 0 aliphatic heterocycles. The number of aliphatic hydroxyl groups excluding tert-OH is 1. The Bertz CT molecular complexity index is 632. The summed E-state index contributed by atoms with van der Waals surface area (Å²) in [6, 6.07) is 0. The molecule has 4 aliphatic rings. The second-order valence-electron chi connectivity index (χ2n) is 11.9. The first kappa shape index (κ1) is 21.9. The number of rotatable bonds is 2. The van der Waals surface area contributed by atoms with Gasteiger partial charge in [0.1, 0.15) is 0 Å². The molecule has 4 aliphatic carbocycles. The van der Waals surface area contributed by atoms with E-state index in [-0.39, 0.29) is 16.7 Å². The van der Waals surface area contributed by atoms with Crippen LogP contribution in [-0.4, -0.2) is 28.1 Å². The molecule has 4 unspecified atom stereocenters. The summed E-state index contributed by atoms with van der Waals surface area (Å²) < 4.78 is 39.6. The van der Waals surface area contributed by atoms with Crippen molar-refractivity contribution in [1.29, 1.82) is 0 Å². The molecule has 10 atom stereocenters. The van der Waals surface area contributed by atoms with E-state index in [1.165, 1.54) is 0 Å². The number of alkyl halides is 3. The van der Waals surface area contributed by atoms with E-state index in [9.17, 15) is 23.4 Å². The maximum atomic E-state index is 13.2. The maximum Gasteiger partial charge on any atom is 0.414 e. The Hall–Kier alpha value is -0.290. The predicted octanol–water partition coefficient (Wildman–Crippen LogP) is 5.96. The summed E-state index contributed by atoms with van der Waals surface area (Å²) >= 11 is 0. The molecule has 2 N–H and O–H groups in total. The van der Waals surface area contributed by atoms with Gasteiger partial charge >= 0.3 is 6.18 Å². The molecular weight excluding hydrogens is 377 g/mol. The van der Waals surface area contributed by atoms with Crippen LogP contribution < -0.4 is 0 Å². The molecule has 0 saturated heterocycles. The number of fused-ring (bicyclic) bond motifs is 5. The standard InChI is InChI=1S/C24H39F3O2/c1-14(20(28)24(25,26)27)17-7-8-18-16-6-5-15-13-21(2,29)11-12-22(15,3)19(16)9-10-23(17,18)4/h14-20,28-29H,5-13H2,1-4H3/t14-,15?,16?,17+,18-,19-,20?,21-,22?,23+/m0/s1. The topological polar surface area (TPSA) is 40.5 Å². The molecule has 168 valence electrons. The van der Waals surface area contributed by atoms with E-state index in [1.54, 1.807) is 6.92 Å². The van der Waals surface area contributed by atoms with Crippen molar-refractivity contribution >= 4 is 0 Å². The average Bonchev–Trinajstić information content (AvgIpc) is 2.97. The second-order valence-corrected chi connectivity index (χ2v) is 11.9. The monoisotopic (exact) mass is 416 g/mol. The minimum Gasteiger partial charge on any atom is -0.390 e. The molecule has 4 fully saturated rings. The Morgan fingerprint density at radius 2 is 1.52 bits per heavy atom. The van der Waals surface area contributed by atoms with Crippen LogP contribution in [0.15, 0.2) is 0 Å². The number of aliphatic hydroxyl groups is 2. The molecule has 0 spiro atoms. The van der Waals surface area contributed by atoms with E-state index in [4.69, 9.17) is 0 Å². The second kappa shape index (κ2) is 6.85. The number of hydrogen-bond acceptors (Lipinski definition) is 2. The Labute approximate surface area is 173 Å². The molecule has 0 radical (unpaired) electrons. The van der Waals surface area contributed by atoms with Crippen LogP contribution >= 0.6 is 0 Å². The van der Waals surface area contributed by atoms with Crippen molar-refractivity contribution in [2.24, 2.45) is 46.3 Å². The van der Waals surface area contributed by atoms with Gasteiger partial charge in [0.2, 0.25) is 0 Å². The molecule has 0 aromatic rings. The number of hydrogen-bond donors (Lipinski definition) is 2. The van der Waals surface area contributed by atoms with Gasteiger partial charge in [0.15, 0.2) is 6.10 Å². The fourth-order valence-electron chi connectivity index (χ4n) is 8.85. The van der Waals surface area contributed by atoms with Crippen LogP contribution in [0.5, 0.6) is 0 Å². The van der Waals surface area contributed by atoms with Gasteiger partial charge < -0.3 is 10.2 Å². The van der Waals surface area contributed by atoms with Crippen LogP contribution in [0.4, 0.5) is 13.2 Å². The minimum absolute atomic E-state index is 0.0531. The summed E-state index contributed by atoms with van der Waals surface area (Å²) in [4.78, 5) is 0. The van der Waals surface area contributed by atoms with Crippen LogP contribution in [0.2, 0.25) is 0 Å². The van der Waals surface area contributed by atoms with Gasteiger partial charge in [-0.3, -0.25) is 0 Å². The van der Waals surface area contributed by atoms with Crippen molar-refractivity contribution in [2.75, 3.05) is 0 Å². The highest BCUT2D eigenvalue weighted by Crippen LogP contribution is 2.69. The zero-order chi connectivity index (χ0) is 21.4. The van der Waals surface area contributed by atoms with Gasteiger partial charge in [0.05, 0.1) is 5.60 Å². The molecule has 5 heteroatoms. The van der Waals surface area contributed by atoms with Crippen LogP contribution in [0.1, 0.15) is 85.5 Å². The van der Waals surface area contributed by atoms with Gasteiger partial charge in [0, 0.05) is 0 Å². The molecule has 2 nitrogen and oxygen atoms in total. The summed E-state index contributed by atoms with van der Waals surface area (Å²) in [7, 11) is 0. The van der Waals surface area contributed by atoms with Gasteiger partial charge in [-0.05, 0) is 111 Å². The quantitative estimate of drug-likeness (QED) is 0.583. The molecule has 29 heavy (non-hydrogen) atoms. The van der Waals surface area contributed by atoms with Gasteiger partial charge in [0.25, 0.3) is 0 Å². The molecule has 0 aromatic heterocycles. The number of halogens is 3. The fourth-order valence-corrected chi connectivity index (χ4v) is 8.85. The van der Waals surface area contributed by atoms with E-state index >= 15 is 0 Å². The lowest BCUT2D eigenvalue weighted by Crippen LogP contribution is -2.56. The van der Waals surface area contributed by atoms with E-state index in [0.717, 1.165) is 57.8 Å². The molecule has 0 bridgehead atoms. The van der Waals surface area contributed by atoms with Gasteiger partial charge in [-0.15, -0.1) is 0 Å². The lowest BCUT2D eigenvalue weighted by atomic mass is 9.43. The first-order valence-corrected chi connectivity index (χ1v) is 11.8. The van der Waals surface area contributed by atoms with Crippen molar-refractivity contribution < 1.29 is 23.4 Å². The third-order valence-electron chi connectivity index (χ3n) is 10.5. The smallest absolute Gasteiger partial charge is 0.390 e. The SMILES string of the molecule is C[C@H](C(O)C(F)(F)F)[C@H]1CC[C@H]2C3CCC4C[C@@](C)(O)CCC4(C)[C@H]3CC[C@]12C. The molecule has 0 heterocycles. The average molecular weight is 417 g/mol. The van der Waals surface area contributed by atoms with Crippen molar-refractivity contribution in [3.05, 3.63) is 0 Å². The normalized spacial score (nSPS) is 52.2. The Balaban J connectivity index is 1.55. The molecule has 4 saturated carbocycles. The third kappa shape index (κ3) is 3.37. The highest BCUT2D eigenvalue weighted by Gasteiger charge is 2.62. The molecule has 4 rings (SSSR count). The Morgan fingerprint density at radius 3 is 2.17 bits per heavy atom. The van der Waals surface area contributed by atoms with Crippen LogP contribution in [0, 0.1) is 46.3 Å². The Morgan fingerprint density at radius 1 is 0.862 bits per heavy atom. The largest absolute Gasteiger partial charge is 0.414 e. The van der Waals surface area contributed by atoms with Crippen LogP contribution in [-0.2, 0) is 0 Å². The van der Waals surface area contributed by atoms with Crippen molar-refractivity contribution in [1.82, 2.24) is 0 Å². The summed E-state index contributed by atoms with van der Waals surface area (Å²) in [6.07, 6.45) is 2.29. The van der Waals surface area contributed by atoms with Crippen molar-refractivity contribution in [2.45, 2.75) is 103 Å². The van der Waals surface area contributed by atoms with Crippen molar-refractivity contribution in [3.8, 4) is 0 Å².